The third kappa shape index (κ3) is 6.53. The first-order valence-corrected chi connectivity index (χ1v) is 14.1. The molecule has 0 radical (unpaired) electrons. The van der Waals surface area contributed by atoms with Crippen molar-refractivity contribution in [1.82, 2.24) is 0 Å². The summed E-state index contributed by atoms with van der Waals surface area (Å²) in [6.07, 6.45) is 3.27. The number of para-hydroxylation sites is 2. The molecule has 6 aromatic rings. The lowest BCUT2D eigenvalue weighted by Crippen LogP contribution is -2.01. The molecule has 0 saturated carbocycles. The molecule has 0 spiro atoms. The molecule has 5 heteroatoms. The summed E-state index contributed by atoms with van der Waals surface area (Å²) >= 11 is 0. The van der Waals surface area contributed by atoms with Gasteiger partial charge in [-0.25, -0.2) is 0 Å². The van der Waals surface area contributed by atoms with E-state index in [1.54, 1.807) is 48.8 Å². The van der Waals surface area contributed by atoms with Gasteiger partial charge < -0.3 is 10.2 Å². The number of carbonyl (C=O) groups is 1. The van der Waals surface area contributed by atoms with E-state index in [9.17, 15) is 15.0 Å². The smallest absolute Gasteiger partial charge is 0.193 e. The fourth-order valence-corrected chi connectivity index (χ4v) is 4.86. The molecule has 2 N–H and O–H groups in total. The first-order valence-electron chi connectivity index (χ1n) is 14.1. The quantitative estimate of drug-likeness (QED) is 0.141. The van der Waals surface area contributed by atoms with E-state index in [0.29, 0.717) is 22.3 Å². The van der Waals surface area contributed by atoms with Crippen molar-refractivity contribution in [1.29, 1.82) is 0 Å². The van der Waals surface area contributed by atoms with Crippen LogP contribution in [0.2, 0.25) is 0 Å². The number of hydrogen-bond acceptors (Lipinski definition) is 5. The normalized spacial score (nSPS) is 11.3. The van der Waals surface area contributed by atoms with Crippen LogP contribution < -0.4 is 0 Å². The molecule has 0 atom stereocenters. The van der Waals surface area contributed by atoms with Gasteiger partial charge in [0.1, 0.15) is 11.5 Å². The van der Waals surface area contributed by atoms with Crippen LogP contribution >= 0.6 is 0 Å². The fourth-order valence-electron chi connectivity index (χ4n) is 4.86. The first-order chi connectivity index (χ1) is 21.5. The second-order valence-electron chi connectivity index (χ2n) is 10.2. The van der Waals surface area contributed by atoms with Crippen LogP contribution in [0, 0.1) is 0 Å². The molecule has 0 bridgehead atoms. The zero-order valence-corrected chi connectivity index (χ0v) is 23.7. The summed E-state index contributed by atoms with van der Waals surface area (Å²) in [5.41, 5.74) is 7.60. The van der Waals surface area contributed by atoms with Crippen LogP contribution in [0.15, 0.2) is 156 Å². The van der Waals surface area contributed by atoms with Gasteiger partial charge >= 0.3 is 0 Å². The Morgan fingerprint density at radius 1 is 0.455 bits per heavy atom. The lowest BCUT2D eigenvalue weighted by atomic mass is 9.95. The van der Waals surface area contributed by atoms with Gasteiger partial charge in [-0.2, -0.15) is 0 Å². The zero-order chi connectivity index (χ0) is 30.3. The van der Waals surface area contributed by atoms with Gasteiger partial charge in [-0.1, -0.05) is 84.9 Å². The number of phenolic OH excluding ortho intramolecular Hbond substituents is 2. The topological polar surface area (TPSA) is 82.2 Å². The van der Waals surface area contributed by atoms with Crippen LogP contribution in [0.25, 0.3) is 22.3 Å². The van der Waals surface area contributed by atoms with E-state index in [2.05, 4.69) is 9.98 Å². The molecule has 0 heterocycles. The van der Waals surface area contributed by atoms with Crippen LogP contribution in [-0.4, -0.2) is 28.4 Å². The number of phenols is 2. The third-order valence-electron chi connectivity index (χ3n) is 7.19. The van der Waals surface area contributed by atoms with Gasteiger partial charge in [0.2, 0.25) is 0 Å². The average molecular weight is 573 g/mol. The number of benzene rings is 6. The molecule has 0 amide bonds. The second-order valence-corrected chi connectivity index (χ2v) is 10.2. The largest absolute Gasteiger partial charge is 0.507 e. The zero-order valence-electron chi connectivity index (χ0n) is 23.7. The van der Waals surface area contributed by atoms with E-state index in [1.807, 2.05) is 109 Å². The molecule has 0 fully saturated rings. The SMILES string of the molecule is O=C(c1cccc(-c2cccc(N=Cc3ccccc3O)c2)c1)c1cccc(-c2cccc(N=Cc3ccccc3O)c2)c1. The monoisotopic (exact) mass is 572 g/mol. The highest BCUT2D eigenvalue weighted by atomic mass is 16.3. The van der Waals surface area contributed by atoms with Crippen molar-refractivity contribution in [2.24, 2.45) is 9.98 Å². The summed E-state index contributed by atoms with van der Waals surface area (Å²) in [4.78, 5) is 22.7. The van der Waals surface area contributed by atoms with Gasteiger partial charge in [-0.3, -0.25) is 14.8 Å². The molecule has 0 aliphatic heterocycles. The minimum absolute atomic E-state index is 0.0730. The molecule has 0 aliphatic carbocycles. The summed E-state index contributed by atoms with van der Waals surface area (Å²) in [5.74, 6) is 0.275. The Kier molecular flexibility index (Phi) is 8.19. The van der Waals surface area contributed by atoms with Gasteiger partial charge in [0.05, 0.1) is 11.4 Å². The number of ketones is 1. The maximum Gasteiger partial charge on any atom is 0.193 e. The summed E-state index contributed by atoms with van der Waals surface area (Å²) in [6, 6.07) is 44.8. The summed E-state index contributed by atoms with van der Waals surface area (Å²) in [5, 5.41) is 20.0. The van der Waals surface area contributed by atoms with Crippen LogP contribution in [0.3, 0.4) is 0 Å². The standard InChI is InChI=1S/C39H28N2O3/c42-37-19-3-1-9-33(37)25-40-35-17-7-13-29(23-35)27-11-5-15-31(21-27)39(44)32-16-6-12-28(22-32)30-14-8-18-36(24-30)41-26-34-10-2-4-20-38(34)43/h1-26,42-43H. The summed E-state index contributed by atoms with van der Waals surface area (Å²) in [7, 11) is 0. The Morgan fingerprint density at radius 3 is 1.27 bits per heavy atom. The highest BCUT2D eigenvalue weighted by Gasteiger charge is 2.12. The van der Waals surface area contributed by atoms with Crippen molar-refractivity contribution in [3.05, 3.63) is 168 Å². The van der Waals surface area contributed by atoms with Crippen LogP contribution in [0.5, 0.6) is 11.5 Å². The Morgan fingerprint density at radius 2 is 0.841 bits per heavy atom. The predicted molar refractivity (Wildman–Crippen MR) is 178 cm³/mol. The molecule has 6 aromatic carbocycles. The van der Waals surface area contributed by atoms with Crippen LogP contribution in [0.1, 0.15) is 27.0 Å². The van der Waals surface area contributed by atoms with E-state index in [0.717, 1.165) is 33.6 Å². The number of rotatable bonds is 8. The molecule has 6 rings (SSSR count). The maximum atomic E-state index is 13.6. The van der Waals surface area contributed by atoms with Gasteiger partial charge in [0.15, 0.2) is 5.78 Å². The van der Waals surface area contributed by atoms with Gasteiger partial charge in [0, 0.05) is 34.7 Å². The van der Waals surface area contributed by atoms with Gasteiger partial charge in [0.25, 0.3) is 0 Å². The minimum atomic E-state index is -0.0730. The number of aromatic hydroxyl groups is 2. The van der Waals surface area contributed by atoms with Crippen molar-refractivity contribution >= 4 is 29.6 Å². The number of hydrogen-bond donors (Lipinski definition) is 2. The van der Waals surface area contributed by atoms with Crippen molar-refractivity contribution in [3.63, 3.8) is 0 Å². The van der Waals surface area contributed by atoms with Gasteiger partial charge in [-0.05, 0) is 82.9 Å². The van der Waals surface area contributed by atoms with E-state index in [4.69, 9.17) is 0 Å². The highest BCUT2D eigenvalue weighted by Crippen LogP contribution is 2.29. The lowest BCUT2D eigenvalue weighted by molar-refractivity contribution is 0.103. The second kappa shape index (κ2) is 12.8. The molecule has 0 aliphatic rings. The molecule has 0 unspecified atom stereocenters. The Balaban J connectivity index is 1.23. The molecular weight excluding hydrogens is 544 g/mol. The lowest BCUT2D eigenvalue weighted by Gasteiger charge is -2.08. The van der Waals surface area contributed by atoms with Crippen molar-refractivity contribution < 1.29 is 15.0 Å². The molecule has 5 nitrogen and oxygen atoms in total. The first kappa shape index (κ1) is 28.1. The number of nitrogens with zero attached hydrogens (tertiary/aromatic N) is 2. The molecule has 0 saturated heterocycles. The van der Waals surface area contributed by atoms with E-state index < -0.39 is 0 Å². The fraction of sp³-hybridized carbons (Fsp3) is 0. The molecule has 44 heavy (non-hydrogen) atoms. The van der Waals surface area contributed by atoms with Crippen molar-refractivity contribution in [2.45, 2.75) is 0 Å². The maximum absolute atomic E-state index is 13.6. The van der Waals surface area contributed by atoms with E-state index in [1.165, 1.54) is 0 Å². The summed E-state index contributed by atoms with van der Waals surface area (Å²) < 4.78 is 0. The number of carbonyl (C=O) groups excluding carboxylic acids is 1. The summed E-state index contributed by atoms with van der Waals surface area (Å²) in [6.45, 7) is 0. The Bertz CT molecular complexity index is 1880. The Labute approximate surface area is 255 Å². The van der Waals surface area contributed by atoms with E-state index >= 15 is 0 Å². The predicted octanol–water partition coefficient (Wildman–Crippen LogP) is 9.16. The minimum Gasteiger partial charge on any atom is -0.507 e. The highest BCUT2D eigenvalue weighted by molar-refractivity contribution is 6.10. The molecule has 212 valence electrons. The molecule has 0 aromatic heterocycles. The van der Waals surface area contributed by atoms with Gasteiger partial charge in [-0.15, -0.1) is 0 Å². The van der Waals surface area contributed by atoms with Crippen molar-refractivity contribution in [3.8, 4) is 33.8 Å². The van der Waals surface area contributed by atoms with Crippen molar-refractivity contribution in [2.75, 3.05) is 0 Å². The Hall–Kier alpha value is -6.07. The number of aliphatic imine (C=N–C) groups is 2. The average Bonchev–Trinajstić information content (AvgIpc) is 3.07. The van der Waals surface area contributed by atoms with Crippen LogP contribution in [-0.2, 0) is 0 Å². The van der Waals surface area contributed by atoms with E-state index in [-0.39, 0.29) is 17.3 Å². The van der Waals surface area contributed by atoms with Crippen LogP contribution in [0.4, 0.5) is 11.4 Å². The third-order valence-corrected chi connectivity index (χ3v) is 7.19. The molecular formula is C39H28N2O3.